The summed E-state index contributed by atoms with van der Waals surface area (Å²) in [4.78, 5) is 29.7. The highest BCUT2D eigenvalue weighted by Gasteiger charge is 2.18. The minimum absolute atomic E-state index is 0.0641. The Morgan fingerprint density at radius 3 is 1.88 bits per heavy atom. The van der Waals surface area contributed by atoms with Gasteiger partial charge in [-0.15, -0.1) is 0 Å². The molecule has 0 aliphatic rings. The molecule has 0 aliphatic carbocycles. The van der Waals surface area contributed by atoms with E-state index in [-0.39, 0.29) is 11.5 Å². The van der Waals surface area contributed by atoms with Crippen molar-refractivity contribution >= 4 is 11.9 Å². The van der Waals surface area contributed by atoms with E-state index in [9.17, 15) is 14.7 Å². The molecule has 0 aliphatic heterocycles. The summed E-state index contributed by atoms with van der Waals surface area (Å²) in [5.74, 6) is -0.868. The number of amides is 1. The lowest BCUT2D eigenvalue weighted by atomic mass is 10.0. The molecule has 3 aromatic rings. The molecule has 41 heavy (non-hydrogen) atoms. The summed E-state index contributed by atoms with van der Waals surface area (Å²) >= 11 is 0. The third kappa shape index (κ3) is 10.5. The number of carboxylic acid groups (broad SMARTS) is 1. The standard InChI is InChI=1S/C36H48N2O3/c1-4-7-10-12-29-15-21-32(22-16-29)35(39)38(26-25-37(23-8-5-2)24-9-6-3)28-30-17-19-31(20-18-30)33-13-11-14-34(27-33)36(40)41/h11,13-22,27H,4-10,12,23-26,28H2,1-3H3,(H,40,41). The maximum Gasteiger partial charge on any atom is 0.335 e. The number of rotatable bonds is 18. The van der Waals surface area contributed by atoms with Gasteiger partial charge in [-0.1, -0.05) is 95.0 Å². The number of carbonyl (C=O) groups is 2. The van der Waals surface area contributed by atoms with E-state index in [1.807, 2.05) is 47.4 Å². The highest BCUT2D eigenvalue weighted by atomic mass is 16.4. The van der Waals surface area contributed by atoms with Gasteiger partial charge < -0.3 is 14.9 Å². The predicted molar refractivity (Wildman–Crippen MR) is 170 cm³/mol. The van der Waals surface area contributed by atoms with Crippen LogP contribution in [0.5, 0.6) is 0 Å². The van der Waals surface area contributed by atoms with Crippen molar-refractivity contribution in [1.29, 1.82) is 0 Å². The molecule has 0 atom stereocenters. The molecule has 0 spiro atoms. The van der Waals surface area contributed by atoms with Gasteiger partial charge in [0.1, 0.15) is 0 Å². The van der Waals surface area contributed by atoms with Gasteiger partial charge in [-0.25, -0.2) is 4.79 Å². The van der Waals surface area contributed by atoms with E-state index in [1.54, 1.807) is 18.2 Å². The van der Waals surface area contributed by atoms with Gasteiger partial charge in [-0.05, 0) is 85.3 Å². The molecule has 0 unspecified atom stereocenters. The quantitative estimate of drug-likeness (QED) is 0.160. The van der Waals surface area contributed by atoms with Crippen molar-refractivity contribution in [2.45, 2.75) is 78.7 Å². The second kappa shape index (κ2) is 17.4. The van der Waals surface area contributed by atoms with Gasteiger partial charge in [-0.3, -0.25) is 4.79 Å². The van der Waals surface area contributed by atoms with E-state index in [4.69, 9.17) is 0 Å². The third-order valence-electron chi connectivity index (χ3n) is 7.67. The van der Waals surface area contributed by atoms with Crippen LogP contribution in [0.25, 0.3) is 11.1 Å². The van der Waals surface area contributed by atoms with E-state index in [0.29, 0.717) is 13.1 Å². The van der Waals surface area contributed by atoms with Crippen molar-refractivity contribution < 1.29 is 14.7 Å². The van der Waals surface area contributed by atoms with Crippen molar-refractivity contribution in [3.05, 3.63) is 95.1 Å². The molecular formula is C36H48N2O3. The molecule has 0 radical (unpaired) electrons. The minimum atomic E-state index is -0.932. The fraction of sp³-hybridized carbons (Fsp3) is 0.444. The van der Waals surface area contributed by atoms with E-state index < -0.39 is 5.97 Å². The molecule has 1 amide bonds. The SMILES string of the molecule is CCCCCc1ccc(C(=O)N(CCN(CCCC)CCCC)Cc2ccc(-c3cccc(C(=O)O)c3)cc2)cc1. The summed E-state index contributed by atoms with van der Waals surface area (Å²) in [5, 5.41) is 9.35. The molecule has 0 saturated carbocycles. The Balaban J connectivity index is 1.77. The van der Waals surface area contributed by atoms with Crippen LogP contribution in [-0.4, -0.2) is 53.0 Å². The number of benzene rings is 3. The number of aromatic carboxylic acids is 1. The van der Waals surface area contributed by atoms with Gasteiger partial charge >= 0.3 is 5.97 Å². The Bertz CT molecular complexity index is 1200. The van der Waals surface area contributed by atoms with Gasteiger partial charge in [0.25, 0.3) is 5.91 Å². The average Bonchev–Trinajstić information content (AvgIpc) is 3.00. The zero-order chi connectivity index (χ0) is 29.5. The number of hydrogen-bond acceptors (Lipinski definition) is 3. The summed E-state index contributed by atoms with van der Waals surface area (Å²) in [5.41, 5.74) is 5.18. The van der Waals surface area contributed by atoms with Crippen LogP contribution < -0.4 is 0 Å². The summed E-state index contributed by atoms with van der Waals surface area (Å²) in [6, 6.07) is 23.3. The maximum absolute atomic E-state index is 13.8. The number of carboxylic acids is 1. The molecule has 0 heterocycles. The Morgan fingerprint density at radius 2 is 1.27 bits per heavy atom. The molecule has 220 valence electrons. The predicted octanol–water partition coefficient (Wildman–Crippen LogP) is 8.33. The highest BCUT2D eigenvalue weighted by molar-refractivity contribution is 5.94. The number of nitrogens with zero attached hydrogens (tertiary/aromatic N) is 2. The summed E-state index contributed by atoms with van der Waals surface area (Å²) in [6.07, 6.45) is 9.33. The molecule has 5 nitrogen and oxygen atoms in total. The summed E-state index contributed by atoms with van der Waals surface area (Å²) in [7, 11) is 0. The van der Waals surface area contributed by atoms with Crippen molar-refractivity contribution in [1.82, 2.24) is 9.80 Å². The second-order valence-electron chi connectivity index (χ2n) is 11.0. The van der Waals surface area contributed by atoms with E-state index in [2.05, 4.69) is 37.8 Å². The van der Waals surface area contributed by atoms with Gasteiger partial charge in [0.2, 0.25) is 0 Å². The Kier molecular flexibility index (Phi) is 13.6. The molecule has 1 N–H and O–H groups in total. The first-order valence-electron chi connectivity index (χ1n) is 15.5. The van der Waals surface area contributed by atoms with Crippen molar-refractivity contribution in [2.24, 2.45) is 0 Å². The van der Waals surface area contributed by atoms with Crippen LogP contribution in [0, 0.1) is 0 Å². The van der Waals surface area contributed by atoms with Gasteiger partial charge in [0.15, 0.2) is 0 Å². The zero-order valence-corrected chi connectivity index (χ0v) is 25.3. The van der Waals surface area contributed by atoms with E-state index in [1.165, 1.54) is 37.7 Å². The minimum Gasteiger partial charge on any atom is -0.478 e. The Labute approximate surface area is 247 Å². The monoisotopic (exact) mass is 556 g/mol. The molecule has 0 aromatic heterocycles. The average molecular weight is 557 g/mol. The molecule has 5 heteroatoms. The van der Waals surface area contributed by atoms with Crippen LogP contribution in [0.15, 0.2) is 72.8 Å². The highest BCUT2D eigenvalue weighted by Crippen LogP contribution is 2.22. The fourth-order valence-electron chi connectivity index (χ4n) is 5.04. The molecule has 0 fully saturated rings. The first kappa shape index (κ1) is 32.1. The van der Waals surface area contributed by atoms with Crippen molar-refractivity contribution in [3.8, 4) is 11.1 Å². The van der Waals surface area contributed by atoms with Gasteiger partial charge in [0, 0.05) is 25.2 Å². The molecule has 3 aromatic carbocycles. The lowest BCUT2D eigenvalue weighted by molar-refractivity contribution is 0.0694. The zero-order valence-electron chi connectivity index (χ0n) is 25.3. The lowest BCUT2D eigenvalue weighted by Gasteiger charge is -2.28. The van der Waals surface area contributed by atoms with Crippen LogP contribution in [0.2, 0.25) is 0 Å². The maximum atomic E-state index is 13.8. The molecule has 0 bridgehead atoms. The summed E-state index contributed by atoms with van der Waals surface area (Å²) < 4.78 is 0. The molecule has 0 saturated heterocycles. The van der Waals surface area contributed by atoms with Crippen molar-refractivity contribution in [2.75, 3.05) is 26.2 Å². The van der Waals surface area contributed by atoms with E-state index >= 15 is 0 Å². The third-order valence-corrected chi connectivity index (χ3v) is 7.67. The van der Waals surface area contributed by atoms with Crippen LogP contribution >= 0.6 is 0 Å². The van der Waals surface area contributed by atoms with Crippen LogP contribution in [-0.2, 0) is 13.0 Å². The van der Waals surface area contributed by atoms with E-state index in [0.717, 1.165) is 61.2 Å². The topological polar surface area (TPSA) is 60.9 Å². The lowest BCUT2D eigenvalue weighted by Crippen LogP contribution is -2.39. The first-order chi connectivity index (χ1) is 19.9. The largest absolute Gasteiger partial charge is 0.478 e. The van der Waals surface area contributed by atoms with Crippen LogP contribution in [0.4, 0.5) is 0 Å². The summed E-state index contributed by atoms with van der Waals surface area (Å²) in [6.45, 7) is 10.9. The normalized spacial score (nSPS) is 11.1. The van der Waals surface area contributed by atoms with Crippen LogP contribution in [0.3, 0.4) is 0 Å². The molecule has 3 rings (SSSR count). The molecular weight excluding hydrogens is 508 g/mol. The number of hydrogen-bond donors (Lipinski definition) is 1. The second-order valence-corrected chi connectivity index (χ2v) is 11.0. The van der Waals surface area contributed by atoms with Crippen molar-refractivity contribution in [3.63, 3.8) is 0 Å². The Hall–Kier alpha value is -3.44. The fourth-order valence-corrected chi connectivity index (χ4v) is 5.04. The van der Waals surface area contributed by atoms with Gasteiger partial charge in [-0.2, -0.15) is 0 Å². The number of unbranched alkanes of at least 4 members (excludes halogenated alkanes) is 4. The van der Waals surface area contributed by atoms with Gasteiger partial charge in [0.05, 0.1) is 5.56 Å². The first-order valence-corrected chi connectivity index (χ1v) is 15.5. The van der Waals surface area contributed by atoms with Crippen LogP contribution in [0.1, 0.15) is 97.6 Å². The smallest absolute Gasteiger partial charge is 0.335 e. The number of carbonyl (C=O) groups excluding carboxylic acids is 1. The number of aryl methyl sites for hydroxylation is 1. The Morgan fingerprint density at radius 1 is 0.634 bits per heavy atom.